The first-order chi connectivity index (χ1) is 9.97. The number of benzene rings is 1. The predicted octanol–water partition coefficient (Wildman–Crippen LogP) is 1.19. The summed E-state index contributed by atoms with van der Waals surface area (Å²) in [7, 11) is 2.00. The number of aromatic carboxylic acids is 1. The third-order valence-corrected chi connectivity index (χ3v) is 3.62. The lowest BCUT2D eigenvalue weighted by Gasteiger charge is -2.32. The molecular weight excluding hydrogens is 296 g/mol. The molecule has 1 N–H and O–H groups in total. The molecule has 1 aliphatic rings. The Hall–Kier alpha value is -1.79. The molecule has 1 aliphatic heterocycles. The van der Waals surface area contributed by atoms with Gasteiger partial charge in [-0.05, 0) is 25.2 Å². The minimum absolute atomic E-state index is 0.00872. The fraction of sp³-hybridized carbons (Fsp3) is 0.429. The lowest BCUT2D eigenvalue weighted by atomic mass is 10.2. The molecule has 0 aliphatic carbocycles. The number of rotatable bonds is 4. The molecule has 0 unspecified atom stereocenters. The van der Waals surface area contributed by atoms with Crippen LogP contribution in [0.3, 0.4) is 0 Å². The zero-order valence-corrected chi connectivity index (χ0v) is 12.5. The van der Waals surface area contributed by atoms with Crippen molar-refractivity contribution < 1.29 is 19.4 Å². The third kappa shape index (κ3) is 4.09. The third-order valence-electron chi connectivity index (χ3n) is 3.38. The van der Waals surface area contributed by atoms with Gasteiger partial charge in [-0.2, -0.15) is 0 Å². The van der Waals surface area contributed by atoms with Gasteiger partial charge in [0.05, 0.1) is 0 Å². The van der Waals surface area contributed by atoms with Crippen LogP contribution in [0.2, 0.25) is 5.02 Å². The number of likely N-dealkylation sites (N-methyl/N-ethyl adjacent to an activating group) is 1. The van der Waals surface area contributed by atoms with E-state index in [1.54, 1.807) is 4.90 Å². The van der Waals surface area contributed by atoms with Crippen molar-refractivity contribution in [2.24, 2.45) is 0 Å². The summed E-state index contributed by atoms with van der Waals surface area (Å²) in [6, 6.07) is 4.24. The molecule has 1 aromatic carbocycles. The number of hydrogen-bond acceptors (Lipinski definition) is 4. The fourth-order valence-corrected chi connectivity index (χ4v) is 2.24. The molecule has 21 heavy (non-hydrogen) atoms. The van der Waals surface area contributed by atoms with Crippen molar-refractivity contribution in [3.05, 3.63) is 28.8 Å². The first kappa shape index (κ1) is 15.6. The van der Waals surface area contributed by atoms with Crippen LogP contribution in [0.15, 0.2) is 18.2 Å². The average Bonchev–Trinajstić information content (AvgIpc) is 2.45. The minimum atomic E-state index is -1.12. The lowest BCUT2D eigenvalue weighted by Crippen LogP contribution is -2.48. The summed E-state index contributed by atoms with van der Waals surface area (Å²) in [4.78, 5) is 27.0. The minimum Gasteiger partial charge on any atom is -0.483 e. The second-order valence-corrected chi connectivity index (χ2v) is 5.35. The Labute approximate surface area is 127 Å². The number of nitrogens with zero attached hydrogens (tertiary/aromatic N) is 2. The number of carboxylic acids is 1. The van der Waals surface area contributed by atoms with Gasteiger partial charge in [0, 0.05) is 31.2 Å². The highest BCUT2D eigenvalue weighted by Gasteiger charge is 2.20. The first-order valence-electron chi connectivity index (χ1n) is 6.59. The number of ether oxygens (including phenoxy) is 1. The van der Waals surface area contributed by atoms with Crippen molar-refractivity contribution in [1.29, 1.82) is 0 Å². The molecule has 0 spiro atoms. The van der Waals surface area contributed by atoms with Crippen LogP contribution in [0.4, 0.5) is 0 Å². The Morgan fingerprint density at radius 1 is 1.29 bits per heavy atom. The van der Waals surface area contributed by atoms with Crippen molar-refractivity contribution in [2.45, 2.75) is 0 Å². The number of hydrogen-bond donors (Lipinski definition) is 1. The summed E-state index contributed by atoms with van der Waals surface area (Å²) < 4.78 is 5.35. The quantitative estimate of drug-likeness (QED) is 0.904. The number of amides is 1. The molecule has 6 nitrogen and oxygen atoms in total. The highest BCUT2D eigenvalue weighted by molar-refractivity contribution is 6.30. The Morgan fingerprint density at radius 2 is 1.95 bits per heavy atom. The molecule has 0 radical (unpaired) electrons. The van der Waals surface area contributed by atoms with Gasteiger partial charge in [0.25, 0.3) is 5.91 Å². The van der Waals surface area contributed by atoms with E-state index in [0.29, 0.717) is 18.1 Å². The van der Waals surface area contributed by atoms with Crippen LogP contribution in [0.1, 0.15) is 10.4 Å². The van der Waals surface area contributed by atoms with Crippen molar-refractivity contribution in [3.63, 3.8) is 0 Å². The molecule has 7 heteroatoms. The maximum absolute atomic E-state index is 12.0. The van der Waals surface area contributed by atoms with Crippen LogP contribution in [0, 0.1) is 0 Å². The molecule has 1 aromatic rings. The summed E-state index contributed by atoms with van der Waals surface area (Å²) in [5, 5.41) is 9.44. The van der Waals surface area contributed by atoms with Gasteiger partial charge in [-0.15, -0.1) is 0 Å². The normalized spacial score (nSPS) is 15.8. The van der Waals surface area contributed by atoms with E-state index in [2.05, 4.69) is 4.90 Å². The lowest BCUT2D eigenvalue weighted by molar-refractivity contribution is -0.134. The summed E-state index contributed by atoms with van der Waals surface area (Å²) in [5.74, 6) is -1.16. The first-order valence-corrected chi connectivity index (χ1v) is 6.97. The Kier molecular flexibility index (Phi) is 5.03. The van der Waals surface area contributed by atoms with E-state index in [1.165, 1.54) is 18.2 Å². The molecule has 0 bridgehead atoms. The summed E-state index contributed by atoms with van der Waals surface area (Å²) >= 11 is 5.83. The number of halogens is 1. The zero-order valence-electron chi connectivity index (χ0n) is 11.7. The van der Waals surface area contributed by atoms with Gasteiger partial charge in [-0.1, -0.05) is 11.6 Å². The highest BCUT2D eigenvalue weighted by Crippen LogP contribution is 2.23. The topological polar surface area (TPSA) is 70.1 Å². The van der Waals surface area contributed by atoms with E-state index < -0.39 is 5.97 Å². The molecule has 0 aromatic heterocycles. The second kappa shape index (κ2) is 6.78. The molecule has 1 fully saturated rings. The van der Waals surface area contributed by atoms with Crippen molar-refractivity contribution in [1.82, 2.24) is 9.80 Å². The van der Waals surface area contributed by atoms with E-state index in [0.717, 1.165) is 13.1 Å². The van der Waals surface area contributed by atoms with Crippen LogP contribution in [0.25, 0.3) is 0 Å². The Balaban J connectivity index is 1.98. The van der Waals surface area contributed by atoms with E-state index in [4.69, 9.17) is 21.4 Å². The van der Waals surface area contributed by atoms with E-state index >= 15 is 0 Å². The largest absolute Gasteiger partial charge is 0.483 e. The van der Waals surface area contributed by atoms with Gasteiger partial charge in [0.2, 0.25) is 0 Å². The number of carbonyl (C=O) groups excluding carboxylic acids is 1. The SMILES string of the molecule is CN1CCN(C(=O)COc2cc(Cl)ccc2C(=O)O)CC1. The number of piperazine rings is 1. The summed E-state index contributed by atoms with van der Waals surface area (Å²) in [6.45, 7) is 2.76. The number of carboxylic acid groups (broad SMARTS) is 1. The van der Waals surface area contributed by atoms with Crippen LogP contribution < -0.4 is 4.74 Å². The maximum atomic E-state index is 12.0. The molecule has 114 valence electrons. The van der Waals surface area contributed by atoms with Crippen LogP contribution in [0.5, 0.6) is 5.75 Å². The highest BCUT2D eigenvalue weighted by atomic mass is 35.5. The van der Waals surface area contributed by atoms with E-state index in [-0.39, 0.29) is 23.8 Å². The van der Waals surface area contributed by atoms with Crippen LogP contribution >= 0.6 is 11.6 Å². The van der Waals surface area contributed by atoms with Gasteiger partial charge in [0.15, 0.2) is 6.61 Å². The molecular formula is C14H17ClN2O4. The van der Waals surface area contributed by atoms with E-state index in [9.17, 15) is 9.59 Å². The smallest absolute Gasteiger partial charge is 0.339 e. The van der Waals surface area contributed by atoms with E-state index in [1.807, 2.05) is 7.05 Å². The maximum Gasteiger partial charge on any atom is 0.339 e. The van der Waals surface area contributed by atoms with Crippen LogP contribution in [-0.2, 0) is 4.79 Å². The van der Waals surface area contributed by atoms with Gasteiger partial charge in [-0.3, -0.25) is 4.79 Å². The molecule has 1 heterocycles. The number of carbonyl (C=O) groups is 2. The Morgan fingerprint density at radius 3 is 2.57 bits per heavy atom. The van der Waals surface area contributed by atoms with Gasteiger partial charge in [-0.25, -0.2) is 4.79 Å². The van der Waals surface area contributed by atoms with Gasteiger partial charge < -0.3 is 19.6 Å². The van der Waals surface area contributed by atoms with Crippen molar-refractivity contribution >= 4 is 23.5 Å². The van der Waals surface area contributed by atoms with Gasteiger partial charge >= 0.3 is 5.97 Å². The van der Waals surface area contributed by atoms with Crippen molar-refractivity contribution in [3.8, 4) is 5.75 Å². The monoisotopic (exact) mass is 312 g/mol. The standard InChI is InChI=1S/C14H17ClN2O4/c1-16-4-6-17(7-5-16)13(18)9-21-12-8-10(15)2-3-11(12)14(19)20/h2-3,8H,4-7,9H2,1H3,(H,19,20). The summed E-state index contributed by atoms with van der Waals surface area (Å²) in [5.41, 5.74) is -0.00872. The van der Waals surface area contributed by atoms with Crippen LogP contribution in [-0.4, -0.2) is 66.6 Å². The average molecular weight is 313 g/mol. The Bertz CT molecular complexity index is 542. The van der Waals surface area contributed by atoms with Gasteiger partial charge in [0.1, 0.15) is 11.3 Å². The molecule has 1 saturated heterocycles. The molecule has 2 rings (SSSR count). The fourth-order valence-electron chi connectivity index (χ4n) is 2.08. The van der Waals surface area contributed by atoms with Crippen molar-refractivity contribution in [2.75, 3.05) is 39.8 Å². The summed E-state index contributed by atoms with van der Waals surface area (Å²) in [6.07, 6.45) is 0. The predicted molar refractivity (Wildman–Crippen MR) is 78.0 cm³/mol. The molecule has 0 atom stereocenters. The second-order valence-electron chi connectivity index (χ2n) is 4.92. The molecule has 1 amide bonds. The zero-order chi connectivity index (χ0) is 15.4. The molecule has 0 saturated carbocycles.